The van der Waals surface area contributed by atoms with E-state index in [1.54, 1.807) is 18.2 Å². The molecule has 0 aliphatic carbocycles. The molecule has 0 amide bonds. The molecule has 1 aromatic heterocycles. The largest absolute Gasteiger partial charge is 0.448 e. The highest BCUT2D eigenvalue weighted by atomic mass is 79.9. The SMILES string of the molecule is CCCCC(=S)Oc1cc(Br)nnc1-c1ccc(Cl)cc1. The van der Waals surface area contributed by atoms with Gasteiger partial charge in [0, 0.05) is 23.1 Å². The summed E-state index contributed by atoms with van der Waals surface area (Å²) in [5.74, 6) is 0.598. The van der Waals surface area contributed by atoms with Crippen molar-refractivity contribution in [3.8, 4) is 17.0 Å². The second-order valence-corrected chi connectivity index (χ2v) is 6.17. The van der Waals surface area contributed by atoms with Gasteiger partial charge in [-0.25, -0.2) is 0 Å². The van der Waals surface area contributed by atoms with Crippen molar-refractivity contribution < 1.29 is 4.74 Å². The van der Waals surface area contributed by atoms with Crippen LogP contribution in [0.4, 0.5) is 0 Å². The van der Waals surface area contributed by atoms with Crippen LogP contribution in [0.3, 0.4) is 0 Å². The molecule has 0 bridgehead atoms. The molecule has 2 rings (SSSR count). The Bertz CT molecular complexity index is 634. The lowest BCUT2D eigenvalue weighted by Crippen LogP contribution is -2.07. The van der Waals surface area contributed by atoms with Crippen LogP contribution in [-0.4, -0.2) is 15.2 Å². The minimum absolute atomic E-state index is 0.562. The van der Waals surface area contributed by atoms with E-state index in [1.807, 2.05) is 12.1 Å². The van der Waals surface area contributed by atoms with Crippen LogP contribution in [0.5, 0.6) is 5.75 Å². The molecule has 0 aliphatic rings. The number of hydrogen-bond donors (Lipinski definition) is 0. The summed E-state index contributed by atoms with van der Waals surface area (Å²) < 4.78 is 6.38. The van der Waals surface area contributed by atoms with Crippen LogP contribution in [0.25, 0.3) is 11.3 Å². The van der Waals surface area contributed by atoms with Crippen molar-refractivity contribution in [1.82, 2.24) is 10.2 Å². The quantitative estimate of drug-likeness (QED) is 0.640. The molecule has 0 saturated carbocycles. The minimum Gasteiger partial charge on any atom is -0.448 e. The third-order valence-electron chi connectivity index (χ3n) is 2.81. The molecule has 6 heteroatoms. The van der Waals surface area contributed by atoms with Crippen LogP contribution in [0.2, 0.25) is 5.02 Å². The van der Waals surface area contributed by atoms with Crippen LogP contribution < -0.4 is 4.74 Å². The first-order valence-electron chi connectivity index (χ1n) is 6.60. The fourth-order valence-corrected chi connectivity index (χ4v) is 2.38. The Morgan fingerprint density at radius 3 is 2.67 bits per heavy atom. The Morgan fingerprint density at radius 2 is 2.00 bits per heavy atom. The molecule has 1 heterocycles. The lowest BCUT2D eigenvalue weighted by Gasteiger charge is -2.11. The van der Waals surface area contributed by atoms with Gasteiger partial charge in [0.2, 0.25) is 0 Å². The normalized spacial score (nSPS) is 10.4. The summed E-state index contributed by atoms with van der Waals surface area (Å²) in [5.41, 5.74) is 1.53. The van der Waals surface area contributed by atoms with E-state index in [9.17, 15) is 0 Å². The first-order chi connectivity index (χ1) is 10.1. The maximum absolute atomic E-state index is 5.91. The molecule has 21 heavy (non-hydrogen) atoms. The summed E-state index contributed by atoms with van der Waals surface area (Å²) in [6.07, 6.45) is 2.84. The van der Waals surface area contributed by atoms with E-state index >= 15 is 0 Å². The second-order valence-electron chi connectivity index (χ2n) is 4.46. The van der Waals surface area contributed by atoms with E-state index in [0.717, 1.165) is 24.8 Å². The molecule has 1 aromatic carbocycles. The van der Waals surface area contributed by atoms with E-state index in [-0.39, 0.29) is 0 Å². The summed E-state index contributed by atoms with van der Waals surface area (Å²) in [4.78, 5) is 0. The van der Waals surface area contributed by atoms with E-state index in [2.05, 4.69) is 33.1 Å². The van der Waals surface area contributed by atoms with Crippen LogP contribution in [-0.2, 0) is 0 Å². The predicted molar refractivity (Wildman–Crippen MR) is 92.9 cm³/mol. The van der Waals surface area contributed by atoms with Crippen molar-refractivity contribution in [2.45, 2.75) is 26.2 Å². The fourth-order valence-electron chi connectivity index (χ4n) is 1.73. The van der Waals surface area contributed by atoms with Crippen LogP contribution in [0.15, 0.2) is 34.9 Å². The van der Waals surface area contributed by atoms with Gasteiger partial charge < -0.3 is 4.74 Å². The molecule has 2 aromatic rings. The number of nitrogens with zero attached hydrogens (tertiary/aromatic N) is 2. The number of benzene rings is 1. The number of aromatic nitrogens is 2. The average Bonchev–Trinajstić information content (AvgIpc) is 2.46. The molecule has 0 aliphatic heterocycles. The third kappa shape index (κ3) is 4.73. The molecule has 0 fully saturated rings. The van der Waals surface area contributed by atoms with Crippen molar-refractivity contribution in [1.29, 1.82) is 0 Å². The molecule has 0 saturated heterocycles. The molecule has 0 atom stereocenters. The van der Waals surface area contributed by atoms with Gasteiger partial charge in [-0.1, -0.05) is 37.1 Å². The summed E-state index contributed by atoms with van der Waals surface area (Å²) >= 11 is 14.5. The van der Waals surface area contributed by atoms with Gasteiger partial charge in [0.05, 0.1) is 0 Å². The summed E-state index contributed by atoms with van der Waals surface area (Å²) in [5, 5.41) is 9.44. The Kier molecular flexibility index (Phi) is 6.08. The zero-order valence-corrected chi connectivity index (χ0v) is 14.6. The number of rotatable bonds is 5. The number of halogens is 2. The van der Waals surface area contributed by atoms with Crippen molar-refractivity contribution in [3.05, 3.63) is 40.0 Å². The first-order valence-corrected chi connectivity index (χ1v) is 8.18. The highest BCUT2D eigenvalue weighted by Crippen LogP contribution is 2.30. The minimum atomic E-state index is 0.562. The smallest absolute Gasteiger partial charge is 0.167 e. The van der Waals surface area contributed by atoms with Gasteiger partial charge in [-0.05, 0) is 46.7 Å². The predicted octanol–water partition coefficient (Wildman–Crippen LogP) is 5.46. The fraction of sp³-hybridized carbons (Fsp3) is 0.267. The van der Waals surface area contributed by atoms with Gasteiger partial charge in [0.25, 0.3) is 0 Å². The summed E-state index contributed by atoms with van der Waals surface area (Å²) in [6.45, 7) is 2.12. The number of thiocarbonyl (C=S) groups is 1. The molecule has 110 valence electrons. The van der Waals surface area contributed by atoms with Gasteiger partial charge in [0.1, 0.15) is 10.3 Å². The van der Waals surface area contributed by atoms with Crippen molar-refractivity contribution >= 4 is 44.8 Å². The zero-order valence-electron chi connectivity index (χ0n) is 11.5. The maximum Gasteiger partial charge on any atom is 0.167 e. The summed E-state index contributed by atoms with van der Waals surface area (Å²) in [7, 11) is 0. The number of unbranched alkanes of at least 4 members (excludes halogenated alkanes) is 1. The Balaban J connectivity index is 2.29. The van der Waals surface area contributed by atoms with E-state index in [0.29, 0.717) is 26.1 Å². The Hall–Kier alpha value is -1.04. The van der Waals surface area contributed by atoms with Crippen molar-refractivity contribution in [3.63, 3.8) is 0 Å². The van der Waals surface area contributed by atoms with Gasteiger partial charge in [-0.15, -0.1) is 10.2 Å². The first kappa shape index (κ1) is 16.3. The van der Waals surface area contributed by atoms with Crippen molar-refractivity contribution in [2.24, 2.45) is 0 Å². The molecule has 0 radical (unpaired) electrons. The molecule has 0 spiro atoms. The van der Waals surface area contributed by atoms with Gasteiger partial charge in [-0.2, -0.15) is 0 Å². The molecule has 0 unspecified atom stereocenters. The number of ether oxygens (including phenoxy) is 1. The molecular weight excluding hydrogens is 372 g/mol. The van der Waals surface area contributed by atoms with Gasteiger partial charge in [0.15, 0.2) is 10.8 Å². The topological polar surface area (TPSA) is 35.0 Å². The van der Waals surface area contributed by atoms with Crippen molar-refractivity contribution in [2.75, 3.05) is 0 Å². The lowest BCUT2D eigenvalue weighted by molar-refractivity contribution is 0.538. The maximum atomic E-state index is 5.91. The van der Waals surface area contributed by atoms with E-state index < -0.39 is 0 Å². The third-order valence-corrected chi connectivity index (χ3v) is 3.73. The molecule has 0 N–H and O–H groups in total. The van der Waals surface area contributed by atoms with Crippen LogP contribution in [0.1, 0.15) is 26.2 Å². The van der Waals surface area contributed by atoms with E-state index in [4.69, 9.17) is 28.6 Å². The Labute approximate surface area is 142 Å². The second kappa shape index (κ2) is 7.82. The van der Waals surface area contributed by atoms with Crippen LogP contribution >= 0.6 is 39.7 Å². The van der Waals surface area contributed by atoms with Gasteiger partial charge in [-0.3, -0.25) is 0 Å². The highest BCUT2D eigenvalue weighted by molar-refractivity contribution is 9.10. The van der Waals surface area contributed by atoms with Crippen LogP contribution in [0, 0.1) is 0 Å². The zero-order chi connectivity index (χ0) is 15.2. The average molecular weight is 386 g/mol. The molecule has 3 nitrogen and oxygen atoms in total. The Morgan fingerprint density at radius 1 is 1.29 bits per heavy atom. The van der Waals surface area contributed by atoms with Gasteiger partial charge >= 0.3 is 0 Å². The molecular formula is C15H14BrClN2OS. The summed E-state index contributed by atoms with van der Waals surface area (Å²) in [6, 6.07) is 9.14. The highest BCUT2D eigenvalue weighted by Gasteiger charge is 2.12. The lowest BCUT2D eigenvalue weighted by atomic mass is 10.1. The van der Waals surface area contributed by atoms with E-state index in [1.165, 1.54) is 0 Å². The monoisotopic (exact) mass is 384 g/mol. The number of hydrogen-bond acceptors (Lipinski definition) is 4. The standard InChI is InChI=1S/C15H14BrClN2OS/c1-2-3-4-14(21)20-12-9-13(16)18-19-15(12)10-5-7-11(17)8-6-10/h5-9H,2-4H2,1H3.